The molecule has 0 unspecified atom stereocenters. The largest absolute Gasteiger partial charge is 0.493 e. The number of hydrogen-bond acceptors (Lipinski definition) is 1. The molecule has 0 spiro atoms. The first kappa shape index (κ1) is 10.1. The second-order valence-electron chi connectivity index (χ2n) is 4.11. The molecule has 0 radical (unpaired) electrons. The van der Waals surface area contributed by atoms with Gasteiger partial charge >= 0.3 is 0 Å². The van der Waals surface area contributed by atoms with Crippen molar-refractivity contribution in [2.45, 2.75) is 25.7 Å². The lowest BCUT2D eigenvalue weighted by molar-refractivity contribution is 0.299. The molecule has 0 heterocycles. The number of benzene rings is 1. The molecule has 0 bridgehead atoms. The van der Waals surface area contributed by atoms with Gasteiger partial charge in [-0.05, 0) is 42.9 Å². The van der Waals surface area contributed by atoms with Gasteiger partial charge in [0, 0.05) is 6.42 Å². The minimum absolute atomic E-state index is 0.798. The fourth-order valence-electron chi connectivity index (χ4n) is 1.51. The molecule has 1 aromatic carbocycles. The summed E-state index contributed by atoms with van der Waals surface area (Å²) in [6.45, 7) is 0.874. The fraction of sp³-hybridized carbons (Fsp3) is 0.429. The molecule has 0 saturated heterocycles. The van der Waals surface area contributed by atoms with Gasteiger partial charge in [-0.25, -0.2) is 0 Å². The molecule has 1 aromatic rings. The molecule has 1 nitrogen and oxygen atoms in total. The summed E-state index contributed by atoms with van der Waals surface area (Å²) < 4.78 is 5.70. The maximum atomic E-state index is 5.70. The van der Waals surface area contributed by atoms with Gasteiger partial charge in [-0.1, -0.05) is 12.1 Å². The Morgan fingerprint density at radius 1 is 1.40 bits per heavy atom. The average molecular weight is 200 g/mol. The third-order valence-electron chi connectivity index (χ3n) is 2.64. The summed E-state index contributed by atoms with van der Waals surface area (Å²) in [5.41, 5.74) is 1.27. The van der Waals surface area contributed by atoms with Crippen LogP contribution in [0.4, 0.5) is 0 Å². The van der Waals surface area contributed by atoms with Crippen LogP contribution in [0.5, 0.6) is 5.75 Å². The van der Waals surface area contributed by atoms with Crippen molar-refractivity contribution in [3.63, 3.8) is 0 Å². The fourth-order valence-corrected chi connectivity index (χ4v) is 1.51. The minimum atomic E-state index is 0.798. The van der Waals surface area contributed by atoms with Gasteiger partial charge in [0.25, 0.3) is 0 Å². The predicted octanol–water partition coefficient (Wildman–Crippen LogP) is 3.04. The Hall–Kier alpha value is -1.42. The Balaban J connectivity index is 1.89. The predicted molar refractivity (Wildman–Crippen MR) is 61.8 cm³/mol. The van der Waals surface area contributed by atoms with Crippen LogP contribution in [0.2, 0.25) is 0 Å². The molecular weight excluding hydrogens is 184 g/mol. The van der Waals surface area contributed by atoms with E-state index in [2.05, 4.69) is 18.1 Å². The van der Waals surface area contributed by atoms with Gasteiger partial charge in [0.1, 0.15) is 5.75 Å². The van der Waals surface area contributed by atoms with Crippen molar-refractivity contribution in [3.8, 4) is 18.1 Å². The number of hydrogen-bond donors (Lipinski definition) is 0. The molecule has 1 aliphatic carbocycles. The zero-order valence-corrected chi connectivity index (χ0v) is 8.91. The van der Waals surface area contributed by atoms with Crippen LogP contribution in [0.25, 0.3) is 0 Å². The van der Waals surface area contributed by atoms with Crippen molar-refractivity contribution >= 4 is 0 Å². The van der Waals surface area contributed by atoms with Crippen LogP contribution in [0.1, 0.15) is 24.8 Å². The number of terminal acetylenes is 1. The van der Waals surface area contributed by atoms with Crippen LogP contribution in [-0.2, 0) is 6.42 Å². The molecule has 1 aliphatic rings. The second kappa shape index (κ2) is 4.89. The third-order valence-corrected chi connectivity index (χ3v) is 2.64. The number of aryl methyl sites for hydroxylation is 1. The standard InChI is InChI=1S/C14H16O/c1-2-3-5-12-6-4-7-14(10-12)15-11-13-8-9-13/h1,4,6-7,10,13H,3,5,8-9,11H2. The summed E-state index contributed by atoms with van der Waals surface area (Å²) in [5.74, 6) is 4.44. The van der Waals surface area contributed by atoms with Gasteiger partial charge in [0.05, 0.1) is 6.61 Å². The maximum Gasteiger partial charge on any atom is 0.119 e. The summed E-state index contributed by atoms with van der Waals surface area (Å²) in [7, 11) is 0. The quantitative estimate of drug-likeness (QED) is 0.664. The molecule has 1 heteroatoms. The van der Waals surface area contributed by atoms with Crippen LogP contribution in [0.15, 0.2) is 24.3 Å². The topological polar surface area (TPSA) is 9.23 Å². The van der Waals surface area contributed by atoms with Crippen LogP contribution in [0, 0.1) is 18.3 Å². The Morgan fingerprint density at radius 3 is 3.00 bits per heavy atom. The lowest BCUT2D eigenvalue weighted by Gasteiger charge is -2.06. The first-order chi connectivity index (χ1) is 7.38. The lowest BCUT2D eigenvalue weighted by Crippen LogP contribution is -1.99. The maximum absolute atomic E-state index is 5.70. The van der Waals surface area contributed by atoms with Crippen LogP contribution >= 0.6 is 0 Å². The van der Waals surface area contributed by atoms with Gasteiger partial charge in [-0.15, -0.1) is 12.3 Å². The monoisotopic (exact) mass is 200 g/mol. The molecule has 0 aliphatic heterocycles. The van der Waals surface area contributed by atoms with Crippen molar-refractivity contribution in [2.75, 3.05) is 6.61 Å². The van der Waals surface area contributed by atoms with E-state index in [1.807, 2.05) is 12.1 Å². The SMILES string of the molecule is C#CCCc1cccc(OCC2CC2)c1. The van der Waals surface area contributed by atoms with Gasteiger partial charge in [0.2, 0.25) is 0 Å². The highest BCUT2D eigenvalue weighted by molar-refractivity contribution is 5.29. The molecule has 2 rings (SSSR count). The van der Waals surface area contributed by atoms with E-state index in [4.69, 9.17) is 11.2 Å². The average Bonchev–Trinajstić information content (AvgIpc) is 3.08. The molecule has 0 N–H and O–H groups in total. The molecule has 0 aromatic heterocycles. The summed E-state index contributed by atoms with van der Waals surface area (Å²) >= 11 is 0. The summed E-state index contributed by atoms with van der Waals surface area (Å²) in [4.78, 5) is 0. The van der Waals surface area contributed by atoms with Crippen molar-refractivity contribution in [1.82, 2.24) is 0 Å². The number of rotatable bonds is 5. The zero-order chi connectivity index (χ0) is 10.5. The first-order valence-electron chi connectivity index (χ1n) is 5.53. The van der Waals surface area contributed by atoms with E-state index in [0.29, 0.717) is 0 Å². The van der Waals surface area contributed by atoms with Crippen molar-refractivity contribution in [2.24, 2.45) is 5.92 Å². The highest BCUT2D eigenvalue weighted by Gasteiger charge is 2.21. The summed E-state index contributed by atoms with van der Waals surface area (Å²) in [6.07, 6.45) is 9.64. The summed E-state index contributed by atoms with van der Waals surface area (Å²) in [6, 6.07) is 8.25. The first-order valence-corrected chi connectivity index (χ1v) is 5.53. The van der Waals surface area contributed by atoms with Crippen molar-refractivity contribution < 1.29 is 4.74 Å². The molecule has 78 valence electrons. The summed E-state index contributed by atoms with van der Waals surface area (Å²) in [5, 5.41) is 0. The molecule has 1 saturated carbocycles. The molecule has 1 fully saturated rings. The molecular formula is C14H16O. The van der Waals surface area contributed by atoms with Crippen LogP contribution in [0.3, 0.4) is 0 Å². The van der Waals surface area contributed by atoms with Crippen LogP contribution < -0.4 is 4.74 Å². The van der Waals surface area contributed by atoms with Gasteiger partial charge in [0.15, 0.2) is 0 Å². The Morgan fingerprint density at radius 2 is 2.27 bits per heavy atom. The highest BCUT2D eigenvalue weighted by Crippen LogP contribution is 2.29. The van der Waals surface area contributed by atoms with E-state index in [9.17, 15) is 0 Å². The minimum Gasteiger partial charge on any atom is -0.493 e. The van der Waals surface area contributed by atoms with E-state index in [1.54, 1.807) is 0 Å². The van der Waals surface area contributed by atoms with Crippen molar-refractivity contribution in [1.29, 1.82) is 0 Å². The smallest absolute Gasteiger partial charge is 0.119 e. The Labute approximate surface area is 91.5 Å². The van der Waals surface area contributed by atoms with E-state index < -0.39 is 0 Å². The van der Waals surface area contributed by atoms with Crippen LogP contribution in [-0.4, -0.2) is 6.61 Å². The zero-order valence-electron chi connectivity index (χ0n) is 8.91. The Bertz CT molecular complexity index is 358. The van der Waals surface area contributed by atoms with E-state index >= 15 is 0 Å². The third kappa shape index (κ3) is 3.32. The second-order valence-corrected chi connectivity index (χ2v) is 4.11. The molecule has 15 heavy (non-hydrogen) atoms. The number of ether oxygens (including phenoxy) is 1. The van der Waals surface area contributed by atoms with Crippen molar-refractivity contribution in [3.05, 3.63) is 29.8 Å². The normalized spacial score (nSPS) is 14.6. The molecule has 0 atom stereocenters. The lowest BCUT2D eigenvalue weighted by atomic mass is 10.1. The van der Waals surface area contributed by atoms with E-state index in [-0.39, 0.29) is 0 Å². The molecule has 0 amide bonds. The van der Waals surface area contributed by atoms with Gasteiger partial charge < -0.3 is 4.74 Å². The Kier molecular flexibility index (Phi) is 3.29. The van der Waals surface area contributed by atoms with E-state index in [1.165, 1.54) is 18.4 Å². The van der Waals surface area contributed by atoms with Gasteiger partial charge in [-0.2, -0.15) is 0 Å². The van der Waals surface area contributed by atoms with E-state index in [0.717, 1.165) is 31.1 Å². The van der Waals surface area contributed by atoms with Gasteiger partial charge in [-0.3, -0.25) is 0 Å². The highest BCUT2D eigenvalue weighted by atomic mass is 16.5.